The molecular weight excluding hydrogens is 238 g/mol. The predicted octanol–water partition coefficient (Wildman–Crippen LogP) is 2.56. The molecule has 0 saturated carbocycles. The fourth-order valence-corrected chi connectivity index (χ4v) is 1.18. The molecule has 0 radical (unpaired) electrons. The third-order valence-electron chi connectivity index (χ3n) is 1.74. The normalized spacial score (nSPS) is 8.61. The van der Waals surface area contributed by atoms with Crippen molar-refractivity contribution in [2.45, 2.75) is 20.8 Å². The smallest absolute Gasteiger partial charge is 0.335 e. The second-order valence-corrected chi connectivity index (χ2v) is 2.83. The van der Waals surface area contributed by atoms with Crippen molar-refractivity contribution in [1.29, 1.82) is 0 Å². The largest absolute Gasteiger partial charge is 0.483 e. The van der Waals surface area contributed by atoms with E-state index in [4.69, 9.17) is 19.4 Å². The maximum absolute atomic E-state index is 10.6. The van der Waals surface area contributed by atoms with E-state index in [1.54, 1.807) is 13.0 Å². The molecule has 1 aromatic heterocycles. The number of hydrogen-bond donors (Lipinski definition) is 2. The first kappa shape index (κ1) is 15.6. The number of aromatic nitrogens is 1. The van der Waals surface area contributed by atoms with E-state index < -0.39 is 5.97 Å². The Balaban J connectivity index is 0.000000509. The molecule has 1 aromatic carbocycles. The fourth-order valence-electron chi connectivity index (χ4n) is 1.18. The first-order chi connectivity index (χ1) is 8.58. The van der Waals surface area contributed by atoms with Crippen LogP contribution in [-0.2, 0) is 4.79 Å². The molecule has 0 aliphatic carbocycles. The Kier molecular flexibility index (Phi) is 6.80. The molecule has 0 spiro atoms. The number of carbonyl (C=O) groups is 2. The highest BCUT2D eigenvalue weighted by atomic mass is 16.4. The van der Waals surface area contributed by atoms with Gasteiger partial charge in [0.15, 0.2) is 11.5 Å². The van der Waals surface area contributed by atoms with Gasteiger partial charge in [0.05, 0.1) is 5.56 Å². The summed E-state index contributed by atoms with van der Waals surface area (Å²) in [5.74, 6) is -0.417. The average molecular weight is 253 g/mol. The fraction of sp³-hybridized carbons (Fsp3) is 0.250. The van der Waals surface area contributed by atoms with Crippen LogP contribution in [0, 0.1) is 6.92 Å². The van der Waals surface area contributed by atoms with Gasteiger partial charge in [-0.1, -0.05) is 13.8 Å². The third kappa shape index (κ3) is 4.25. The van der Waals surface area contributed by atoms with E-state index in [0.717, 1.165) is 0 Å². The van der Waals surface area contributed by atoms with Gasteiger partial charge < -0.3 is 14.6 Å². The van der Waals surface area contributed by atoms with Gasteiger partial charge >= 0.3 is 5.97 Å². The van der Waals surface area contributed by atoms with Crippen molar-refractivity contribution in [2.75, 3.05) is 0 Å². The lowest BCUT2D eigenvalue weighted by atomic mass is 10.2. The van der Waals surface area contributed by atoms with Crippen LogP contribution in [0.1, 0.15) is 30.1 Å². The van der Waals surface area contributed by atoms with Gasteiger partial charge in [0, 0.05) is 6.92 Å². The van der Waals surface area contributed by atoms with Gasteiger partial charge in [-0.25, -0.2) is 9.78 Å². The van der Waals surface area contributed by atoms with Crippen LogP contribution in [0.25, 0.3) is 11.1 Å². The van der Waals surface area contributed by atoms with Crippen LogP contribution >= 0.6 is 0 Å². The summed E-state index contributed by atoms with van der Waals surface area (Å²) >= 11 is 0. The zero-order valence-electron chi connectivity index (χ0n) is 10.4. The first-order valence-corrected chi connectivity index (χ1v) is 5.27. The van der Waals surface area contributed by atoms with Crippen LogP contribution in [0.4, 0.5) is 0 Å². The Morgan fingerprint density at radius 3 is 2.44 bits per heavy atom. The number of carboxylic acid groups (broad SMARTS) is 2. The summed E-state index contributed by atoms with van der Waals surface area (Å²) in [6.07, 6.45) is 0. The number of carboxylic acids is 1. The molecule has 0 fully saturated rings. The third-order valence-corrected chi connectivity index (χ3v) is 1.74. The summed E-state index contributed by atoms with van der Waals surface area (Å²) in [5, 5.41) is 15.6. The highest BCUT2D eigenvalue weighted by molar-refractivity contribution is 5.91. The van der Waals surface area contributed by atoms with Crippen molar-refractivity contribution in [3.8, 4) is 0 Å². The van der Waals surface area contributed by atoms with Crippen LogP contribution in [-0.4, -0.2) is 27.6 Å². The average Bonchev–Trinajstić information content (AvgIpc) is 2.71. The summed E-state index contributed by atoms with van der Waals surface area (Å²) < 4.78 is 5.20. The number of hydrogen-bond acceptors (Lipinski definition) is 4. The topological polar surface area (TPSA) is 101 Å². The molecule has 0 bridgehead atoms. The van der Waals surface area contributed by atoms with Gasteiger partial charge in [0.1, 0.15) is 5.52 Å². The molecule has 0 saturated heterocycles. The van der Waals surface area contributed by atoms with Crippen molar-refractivity contribution < 1.29 is 24.2 Å². The minimum absolute atomic E-state index is 0.223. The van der Waals surface area contributed by atoms with Crippen molar-refractivity contribution in [2.24, 2.45) is 0 Å². The van der Waals surface area contributed by atoms with E-state index in [-0.39, 0.29) is 12.0 Å². The van der Waals surface area contributed by atoms with Gasteiger partial charge in [-0.05, 0) is 18.2 Å². The Bertz CT molecular complexity index is 518. The SMILES string of the molecule is CC.Cc1nc2cc(C(=O)O)ccc2o1.O=CO. The number of oxazole rings is 1. The molecule has 6 heteroatoms. The molecular formula is C12H15NO5. The maximum Gasteiger partial charge on any atom is 0.335 e. The number of fused-ring (bicyclic) bond motifs is 1. The Hall–Kier alpha value is -2.37. The summed E-state index contributed by atoms with van der Waals surface area (Å²) in [6.45, 7) is 5.47. The van der Waals surface area contributed by atoms with Crippen LogP contribution in [0.5, 0.6) is 0 Å². The molecule has 0 aliphatic rings. The molecule has 0 atom stereocenters. The van der Waals surface area contributed by atoms with Crippen molar-refractivity contribution in [3.05, 3.63) is 29.7 Å². The van der Waals surface area contributed by atoms with E-state index >= 15 is 0 Å². The first-order valence-electron chi connectivity index (χ1n) is 5.27. The Morgan fingerprint density at radius 2 is 1.94 bits per heavy atom. The second kappa shape index (κ2) is 7.83. The minimum Gasteiger partial charge on any atom is -0.483 e. The molecule has 6 nitrogen and oxygen atoms in total. The van der Waals surface area contributed by atoms with Gasteiger partial charge in [-0.3, -0.25) is 4.79 Å². The van der Waals surface area contributed by atoms with Gasteiger partial charge in [0.25, 0.3) is 6.47 Å². The molecule has 2 aromatic rings. The van der Waals surface area contributed by atoms with E-state index in [1.807, 2.05) is 13.8 Å². The lowest BCUT2D eigenvalue weighted by Gasteiger charge is -1.91. The maximum atomic E-state index is 10.6. The second-order valence-electron chi connectivity index (χ2n) is 2.83. The monoisotopic (exact) mass is 253 g/mol. The molecule has 2 N–H and O–H groups in total. The summed E-state index contributed by atoms with van der Waals surface area (Å²) in [6, 6.07) is 4.60. The van der Waals surface area contributed by atoms with Crippen molar-refractivity contribution >= 4 is 23.5 Å². The summed E-state index contributed by atoms with van der Waals surface area (Å²) in [5.41, 5.74) is 1.42. The van der Waals surface area contributed by atoms with Gasteiger partial charge in [-0.2, -0.15) is 0 Å². The van der Waals surface area contributed by atoms with Crippen LogP contribution < -0.4 is 0 Å². The highest BCUT2D eigenvalue weighted by Crippen LogP contribution is 2.16. The molecule has 1 heterocycles. The molecule has 2 rings (SSSR count). The minimum atomic E-state index is -0.956. The van der Waals surface area contributed by atoms with E-state index in [2.05, 4.69) is 4.98 Å². The molecule has 98 valence electrons. The van der Waals surface area contributed by atoms with E-state index in [1.165, 1.54) is 12.1 Å². The Labute approximate surface area is 104 Å². The Morgan fingerprint density at radius 1 is 1.39 bits per heavy atom. The molecule has 18 heavy (non-hydrogen) atoms. The van der Waals surface area contributed by atoms with Crippen molar-refractivity contribution in [3.63, 3.8) is 0 Å². The number of nitrogens with zero attached hydrogens (tertiary/aromatic N) is 1. The van der Waals surface area contributed by atoms with Crippen LogP contribution in [0.3, 0.4) is 0 Å². The zero-order chi connectivity index (χ0) is 14.1. The summed E-state index contributed by atoms with van der Waals surface area (Å²) in [4.78, 5) is 23.0. The summed E-state index contributed by atoms with van der Waals surface area (Å²) in [7, 11) is 0. The number of aromatic carboxylic acids is 1. The van der Waals surface area contributed by atoms with Crippen LogP contribution in [0.15, 0.2) is 22.6 Å². The number of benzene rings is 1. The standard InChI is InChI=1S/C9H7NO3.C2H6.CH2O2/c1-5-10-7-4-6(9(11)12)2-3-8(7)13-5;1-2;2-1-3/h2-4H,1H3,(H,11,12);1-2H3;1H,(H,2,3). The van der Waals surface area contributed by atoms with E-state index in [0.29, 0.717) is 17.0 Å². The van der Waals surface area contributed by atoms with E-state index in [9.17, 15) is 4.79 Å². The van der Waals surface area contributed by atoms with Crippen molar-refractivity contribution in [1.82, 2.24) is 4.98 Å². The van der Waals surface area contributed by atoms with Gasteiger partial charge in [0.2, 0.25) is 0 Å². The lowest BCUT2D eigenvalue weighted by molar-refractivity contribution is -0.122. The van der Waals surface area contributed by atoms with Crippen LogP contribution in [0.2, 0.25) is 0 Å². The molecule has 0 aliphatic heterocycles. The molecule has 0 unspecified atom stereocenters. The highest BCUT2D eigenvalue weighted by Gasteiger charge is 2.06. The lowest BCUT2D eigenvalue weighted by Crippen LogP contribution is -1.94. The predicted molar refractivity (Wildman–Crippen MR) is 65.7 cm³/mol. The molecule has 0 amide bonds. The zero-order valence-corrected chi connectivity index (χ0v) is 10.4. The number of rotatable bonds is 1. The van der Waals surface area contributed by atoms with Gasteiger partial charge in [-0.15, -0.1) is 0 Å². The quantitative estimate of drug-likeness (QED) is 0.757. The number of aryl methyl sites for hydroxylation is 1.